The molecule has 0 saturated carbocycles. The number of phenols is 1. The van der Waals surface area contributed by atoms with Crippen molar-refractivity contribution in [2.75, 3.05) is 20.0 Å². The monoisotopic (exact) mass is 467 g/mol. The highest BCUT2D eigenvalue weighted by Gasteiger charge is 2.51. The third kappa shape index (κ3) is 5.87. The van der Waals surface area contributed by atoms with Crippen LogP contribution in [0, 0.1) is 41.7 Å². The smallest absolute Gasteiger partial charge is 0.495 e. The minimum Gasteiger partial charge on any atom is -0.508 e. The fourth-order valence-electron chi connectivity index (χ4n) is 2.82. The first-order chi connectivity index (χ1) is 15.2. The van der Waals surface area contributed by atoms with Crippen molar-refractivity contribution in [2.45, 2.75) is 38.9 Å². The fourth-order valence-corrected chi connectivity index (χ4v) is 2.82. The zero-order valence-electron chi connectivity index (χ0n) is 18.3. The summed E-state index contributed by atoms with van der Waals surface area (Å²) in [6, 6.07) is 6.64. The number of hydrogen-bond donors (Lipinski definition) is 1. The van der Waals surface area contributed by atoms with E-state index >= 15 is 0 Å². The van der Waals surface area contributed by atoms with Crippen molar-refractivity contribution < 1.29 is 29.5 Å². The van der Waals surface area contributed by atoms with Crippen LogP contribution in [0.5, 0.6) is 5.75 Å². The van der Waals surface area contributed by atoms with Gasteiger partial charge in [0.25, 0.3) is 0 Å². The Bertz CT molecular complexity index is 914. The van der Waals surface area contributed by atoms with E-state index in [4.69, 9.17) is 14.6 Å². The van der Waals surface area contributed by atoms with E-state index in [1.165, 1.54) is 6.07 Å². The molecule has 2 aliphatic rings. The summed E-state index contributed by atoms with van der Waals surface area (Å²) in [6.07, 6.45) is 0. The molecule has 0 aromatic heterocycles. The lowest BCUT2D eigenvalue weighted by Gasteiger charge is -2.32. The Morgan fingerprint density at radius 3 is 1.64 bits per heavy atom. The summed E-state index contributed by atoms with van der Waals surface area (Å²) in [4.78, 5) is 31.0. The second kappa shape index (κ2) is 9.30. The van der Waals surface area contributed by atoms with Crippen LogP contribution in [0.3, 0.4) is 0 Å². The second-order valence-electron chi connectivity index (χ2n) is 8.17. The molecule has 178 valence electrons. The number of hydrazine groups is 3. The van der Waals surface area contributed by atoms with Crippen molar-refractivity contribution in [1.29, 1.82) is 5.26 Å². The molecule has 33 heavy (non-hydrogen) atoms. The second-order valence-corrected chi connectivity index (χ2v) is 8.17. The first-order valence-corrected chi connectivity index (χ1v) is 9.44. The van der Waals surface area contributed by atoms with Crippen LogP contribution in [0.15, 0.2) is 18.2 Å². The summed E-state index contributed by atoms with van der Waals surface area (Å²) in [7, 11) is -0.561. The van der Waals surface area contributed by atoms with Gasteiger partial charge in [-0.25, -0.2) is 30.3 Å². The molecule has 0 atom stereocenters. The van der Waals surface area contributed by atoms with Gasteiger partial charge in [0, 0.05) is 0 Å². The van der Waals surface area contributed by atoms with E-state index in [1.54, 1.807) is 12.1 Å². The average molecular weight is 467 g/mol. The highest BCUT2D eigenvalue weighted by molar-refractivity contribution is 6.62. The van der Waals surface area contributed by atoms with E-state index in [-0.39, 0.29) is 5.75 Å². The summed E-state index contributed by atoms with van der Waals surface area (Å²) >= 11 is 0. The van der Waals surface area contributed by atoms with E-state index in [2.05, 4.69) is 0 Å². The summed E-state index contributed by atoms with van der Waals surface area (Å²) in [5, 5.41) is 47.8. The van der Waals surface area contributed by atoms with Gasteiger partial charge in [0.2, 0.25) is 20.0 Å². The molecule has 1 aromatic carbocycles. The van der Waals surface area contributed by atoms with Crippen molar-refractivity contribution in [3.05, 3.63) is 54.1 Å². The van der Waals surface area contributed by atoms with Crippen molar-refractivity contribution in [1.82, 2.24) is 15.0 Å². The third-order valence-electron chi connectivity index (χ3n) is 5.27. The minimum atomic E-state index is -0.924. The Kier molecular flexibility index (Phi) is 7.15. The first-order valence-electron chi connectivity index (χ1n) is 9.44. The number of hydrogen-bond acceptors (Lipinski definition) is 10. The molecule has 0 amide bonds. The van der Waals surface area contributed by atoms with Gasteiger partial charge in [0.15, 0.2) is 15.1 Å². The molecule has 1 aromatic rings. The molecule has 16 nitrogen and oxygen atoms in total. The van der Waals surface area contributed by atoms with Gasteiger partial charge >= 0.3 is 7.12 Å². The number of phenolic OH excluding ortho intramolecular Hbond substituents is 1. The number of benzene rings is 1. The van der Waals surface area contributed by atoms with Crippen LogP contribution in [-0.2, 0) is 9.31 Å². The maximum Gasteiger partial charge on any atom is 0.495 e. The summed E-state index contributed by atoms with van der Waals surface area (Å²) < 4.78 is 11.7. The van der Waals surface area contributed by atoms with E-state index in [0.717, 1.165) is 0 Å². The molecule has 0 aliphatic carbocycles. The maximum atomic E-state index is 10.3. The van der Waals surface area contributed by atoms with Gasteiger partial charge in [-0.15, -0.1) is 0 Å². The quantitative estimate of drug-likeness (QED) is 0.350. The van der Waals surface area contributed by atoms with Crippen LogP contribution in [-0.4, -0.2) is 73.6 Å². The first kappa shape index (κ1) is 25.4. The minimum absolute atomic E-state index is 0.0405. The molecular formula is C16H22BN7O9. The maximum absolute atomic E-state index is 10.3. The molecule has 17 heteroatoms. The zero-order valence-corrected chi connectivity index (χ0v) is 18.3. The predicted molar refractivity (Wildman–Crippen MR) is 110 cm³/mol. The lowest BCUT2D eigenvalue weighted by atomic mass is 9.78. The van der Waals surface area contributed by atoms with E-state index in [9.17, 15) is 35.4 Å². The van der Waals surface area contributed by atoms with E-state index in [1.807, 2.05) is 33.8 Å². The van der Waals surface area contributed by atoms with Crippen molar-refractivity contribution in [3.63, 3.8) is 0 Å². The van der Waals surface area contributed by atoms with Gasteiger partial charge in [-0.05, 0) is 51.4 Å². The van der Waals surface area contributed by atoms with Crippen molar-refractivity contribution in [3.8, 4) is 11.8 Å². The third-order valence-corrected chi connectivity index (χ3v) is 5.27. The molecular weight excluding hydrogens is 445 g/mol. The zero-order chi connectivity index (χ0) is 25.1. The largest absolute Gasteiger partial charge is 0.508 e. The number of nitro groups is 3. The average Bonchev–Trinajstić information content (AvgIpc) is 2.94. The Labute approximate surface area is 188 Å². The van der Waals surface area contributed by atoms with Gasteiger partial charge in [-0.3, -0.25) is 0 Å². The van der Waals surface area contributed by atoms with Gasteiger partial charge in [-0.1, -0.05) is 15.0 Å². The Morgan fingerprint density at radius 2 is 1.30 bits per heavy atom. The number of aromatic hydroxyl groups is 1. The highest BCUT2D eigenvalue weighted by atomic mass is 16.7. The van der Waals surface area contributed by atoms with Crippen LogP contribution in [0.2, 0.25) is 0 Å². The molecule has 2 heterocycles. The molecule has 2 aliphatic heterocycles. The highest BCUT2D eigenvalue weighted by Crippen LogP contribution is 2.36. The van der Waals surface area contributed by atoms with Gasteiger partial charge in [0.05, 0.1) is 22.8 Å². The summed E-state index contributed by atoms with van der Waals surface area (Å²) in [5.74, 6) is 0.0405. The van der Waals surface area contributed by atoms with Crippen molar-refractivity contribution in [2.24, 2.45) is 0 Å². The van der Waals surface area contributed by atoms with E-state index < -0.39 is 53.4 Å². The summed E-state index contributed by atoms with van der Waals surface area (Å²) in [5.41, 5.74) is 0.177. The van der Waals surface area contributed by atoms with Gasteiger partial charge in [-0.2, -0.15) is 5.26 Å². The van der Waals surface area contributed by atoms with Gasteiger partial charge in [0.1, 0.15) is 5.75 Å². The topological polar surface area (TPSA) is 202 Å². The van der Waals surface area contributed by atoms with Crippen LogP contribution in [0.1, 0.15) is 33.3 Å². The molecule has 0 spiro atoms. The standard InChI is InChI=1S/C13H16BNO3.C3H6N6O6/c1-12(2)13(3,4)18-14(17-12)10-5-9(8-15)6-11(16)7-10;10-7(11)4-1-5(8(12)13)3-6(2-4)9(14)15/h5-7,16H,1-4H3;1-3H2. The molecule has 0 unspecified atom stereocenters. The molecule has 2 fully saturated rings. The molecule has 3 rings (SSSR count). The van der Waals surface area contributed by atoms with E-state index in [0.29, 0.717) is 26.1 Å². The fraction of sp³-hybridized carbons (Fsp3) is 0.562. The normalized spacial score (nSPS) is 18.8. The number of nitrogens with zero attached hydrogens (tertiary/aromatic N) is 7. The number of rotatable bonds is 4. The lowest BCUT2D eigenvalue weighted by molar-refractivity contribution is -0.775. The molecule has 0 bridgehead atoms. The Morgan fingerprint density at radius 1 is 0.909 bits per heavy atom. The van der Waals surface area contributed by atoms with Crippen LogP contribution in [0.4, 0.5) is 0 Å². The lowest BCUT2D eigenvalue weighted by Crippen LogP contribution is -2.59. The predicted octanol–water partition coefficient (Wildman–Crippen LogP) is -0.0833. The SMILES string of the molecule is CC1(C)OB(c2cc(O)cc(C#N)c2)OC1(C)C.O=[N+]([O-])N1CN([N+](=O)[O-])CN([N+](=O)[O-])C1. The van der Waals surface area contributed by atoms with Gasteiger partial charge < -0.3 is 14.4 Å². The Hall–Kier alpha value is -3.91. The molecule has 1 N–H and O–H groups in total. The van der Waals surface area contributed by atoms with Crippen LogP contribution < -0.4 is 5.46 Å². The summed E-state index contributed by atoms with van der Waals surface area (Å²) in [6.45, 7) is 6.06. The molecule has 0 radical (unpaired) electrons. The number of nitriles is 1. The Balaban J connectivity index is 0.000000238. The molecule has 2 saturated heterocycles. The van der Waals surface area contributed by atoms with Crippen molar-refractivity contribution >= 4 is 12.6 Å². The van der Waals surface area contributed by atoms with Crippen LogP contribution >= 0.6 is 0 Å². The van der Waals surface area contributed by atoms with Crippen LogP contribution in [0.25, 0.3) is 0 Å².